The number of rotatable bonds is 5. The van der Waals surface area contributed by atoms with Crippen molar-refractivity contribution in [2.45, 2.75) is 20.3 Å². The molecule has 18 heavy (non-hydrogen) atoms. The van der Waals surface area contributed by atoms with Crippen LogP contribution < -0.4 is 0 Å². The Labute approximate surface area is 106 Å². The van der Waals surface area contributed by atoms with E-state index >= 15 is 0 Å². The molecule has 0 saturated heterocycles. The highest BCUT2D eigenvalue weighted by molar-refractivity contribution is 6.00. The molecule has 96 valence electrons. The molecule has 0 fully saturated rings. The third-order valence-corrected chi connectivity index (χ3v) is 2.80. The summed E-state index contributed by atoms with van der Waals surface area (Å²) in [6, 6.07) is 6.70. The summed E-state index contributed by atoms with van der Waals surface area (Å²) in [4.78, 5) is 33.9. The smallest absolute Gasteiger partial charge is 0.337 e. The number of ketones is 2. The van der Waals surface area contributed by atoms with E-state index in [0.717, 1.165) is 5.56 Å². The SMILES string of the molecule is COC(=O)c1ccc(CC(C(C)=O)C(C)=O)cc1. The number of benzene rings is 1. The Balaban J connectivity index is 2.83. The van der Waals surface area contributed by atoms with Gasteiger partial charge in [0.15, 0.2) is 0 Å². The summed E-state index contributed by atoms with van der Waals surface area (Å²) < 4.78 is 4.59. The zero-order valence-electron chi connectivity index (χ0n) is 10.7. The minimum Gasteiger partial charge on any atom is -0.465 e. The average molecular weight is 248 g/mol. The van der Waals surface area contributed by atoms with Gasteiger partial charge in [0.25, 0.3) is 0 Å². The largest absolute Gasteiger partial charge is 0.465 e. The van der Waals surface area contributed by atoms with Gasteiger partial charge in [0, 0.05) is 0 Å². The summed E-state index contributed by atoms with van der Waals surface area (Å²) in [5.41, 5.74) is 1.29. The third kappa shape index (κ3) is 3.52. The lowest BCUT2D eigenvalue weighted by Gasteiger charge is -2.10. The molecule has 0 saturated carbocycles. The van der Waals surface area contributed by atoms with Crippen molar-refractivity contribution < 1.29 is 19.1 Å². The topological polar surface area (TPSA) is 60.4 Å². The molecule has 0 aliphatic carbocycles. The second-order valence-electron chi connectivity index (χ2n) is 4.17. The Morgan fingerprint density at radius 2 is 1.56 bits per heavy atom. The Morgan fingerprint density at radius 3 is 1.94 bits per heavy atom. The molecule has 1 aromatic carbocycles. The van der Waals surface area contributed by atoms with Gasteiger partial charge in [0.2, 0.25) is 0 Å². The molecule has 4 heteroatoms. The molecule has 0 bridgehead atoms. The monoisotopic (exact) mass is 248 g/mol. The molecule has 0 heterocycles. The number of esters is 1. The van der Waals surface area contributed by atoms with Crippen molar-refractivity contribution in [2.24, 2.45) is 5.92 Å². The van der Waals surface area contributed by atoms with Crippen LogP contribution in [0.25, 0.3) is 0 Å². The van der Waals surface area contributed by atoms with Crippen molar-refractivity contribution in [1.29, 1.82) is 0 Å². The molecule has 1 aromatic rings. The van der Waals surface area contributed by atoms with Gasteiger partial charge in [-0.2, -0.15) is 0 Å². The average Bonchev–Trinajstić information content (AvgIpc) is 2.35. The van der Waals surface area contributed by atoms with Crippen molar-refractivity contribution in [3.63, 3.8) is 0 Å². The van der Waals surface area contributed by atoms with Gasteiger partial charge in [-0.3, -0.25) is 9.59 Å². The first kappa shape index (κ1) is 14.1. The van der Waals surface area contributed by atoms with Crippen molar-refractivity contribution >= 4 is 17.5 Å². The van der Waals surface area contributed by atoms with Gasteiger partial charge in [0.05, 0.1) is 18.6 Å². The molecule has 0 spiro atoms. The lowest BCUT2D eigenvalue weighted by Crippen LogP contribution is -2.21. The Morgan fingerprint density at radius 1 is 1.06 bits per heavy atom. The summed E-state index contributed by atoms with van der Waals surface area (Å²) in [7, 11) is 1.32. The van der Waals surface area contributed by atoms with Gasteiger partial charge in [-0.25, -0.2) is 4.79 Å². The van der Waals surface area contributed by atoms with Crippen LogP contribution in [0.3, 0.4) is 0 Å². The highest BCUT2D eigenvalue weighted by atomic mass is 16.5. The first-order valence-electron chi connectivity index (χ1n) is 5.64. The van der Waals surface area contributed by atoms with E-state index in [1.807, 2.05) is 0 Å². The van der Waals surface area contributed by atoms with Crippen LogP contribution in [0.2, 0.25) is 0 Å². The van der Waals surface area contributed by atoms with Crippen molar-refractivity contribution in [3.05, 3.63) is 35.4 Å². The number of carbonyl (C=O) groups is 3. The van der Waals surface area contributed by atoms with Crippen LogP contribution in [-0.4, -0.2) is 24.6 Å². The van der Waals surface area contributed by atoms with Gasteiger partial charge in [-0.05, 0) is 38.0 Å². The summed E-state index contributed by atoms with van der Waals surface area (Å²) in [5.74, 6) is -1.29. The molecular weight excluding hydrogens is 232 g/mol. The molecule has 0 amide bonds. The molecule has 0 aliphatic rings. The summed E-state index contributed by atoms with van der Waals surface area (Å²) >= 11 is 0. The molecule has 0 aliphatic heterocycles. The van der Waals surface area contributed by atoms with Gasteiger partial charge < -0.3 is 4.74 Å². The van der Waals surface area contributed by atoms with Gasteiger partial charge in [-0.15, -0.1) is 0 Å². The molecule has 0 aromatic heterocycles. The number of methoxy groups -OCH3 is 1. The molecular formula is C14H16O4. The van der Waals surface area contributed by atoms with E-state index in [1.54, 1.807) is 24.3 Å². The standard InChI is InChI=1S/C14H16O4/c1-9(15)13(10(2)16)8-11-4-6-12(7-5-11)14(17)18-3/h4-7,13H,8H2,1-3H3. The highest BCUT2D eigenvalue weighted by Crippen LogP contribution is 2.13. The maximum absolute atomic E-state index is 11.3. The molecule has 0 atom stereocenters. The van der Waals surface area contributed by atoms with E-state index < -0.39 is 11.9 Å². The fraction of sp³-hybridized carbons (Fsp3) is 0.357. The number of hydrogen-bond donors (Lipinski definition) is 0. The Bertz CT molecular complexity index is 445. The van der Waals surface area contributed by atoms with Crippen LogP contribution in [0.4, 0.5) is 0 Å². The van der Waals surface area contributed by atoms with E-state index in [1.165, 1.54) is 21.0 Å². The summed E-state index contributed by atoms with van der Waals surface area (Å²) in [6.07, 6.45) is 0.367. The molecule has 0 unspecified atom stereocenters. The second-order valence-corrected chi connectivity index (χ2v) is 4.17. The van der Waals surface area contributed by atoms with E-state index in [-0.39, 0.29) is 11.6 Å². The van der Waals surface area contributed by atoms with E-state index in [4.69, 9.17) is 0 Å². The van der Waals surface area contributed by atoms with Gasteiger partial charge in [-0.1, -0.05) is 12.1 Å². The van der Waals surface area contributed by atoms with Gasteiger partial charge in [0.1, 0.15) is 11.6 Å². The lowest BCUT2D eigenvalue weighted by atomic mass is 9.92. The van der Waals surface area contributed by atoms with Crippen LogP contribution in [0.5, 0.6) is 0 Å². The Hall–Kier alpha value is -1.97. The number of carbonyl (C=O) groups excluding carboxylic acids is 3. The second kappa shape index (κ2) is 6.10. The Kier molecular flexibility index (Phi) is 4.77. The van der Waals surface area contributed by atoms with Crippen LogP contribution in [0, 0.1) is 5.92 Å². The fourth-order valence-electron chi connectivity index (χ4n) is 1.70. The molecule has 4 nitrogen and oxygen atoms in total. The van der Waals surface area contributed by atoms with Crippen molar-refractivity contribution in [2.75, 3.05) is 7.11 Å². The van der Waals surface area contributed by atoms with E-state index in [2.05, 4.69) is 4.74 Å². The number of Topliss-reactive ketones (excluding diaryl/α,β-unsaturated/α-hetero) is 2. The quantitative estimate of drug-likeness (QED) is 0.589. The minimum absolute atomic E-state index is 0.139. The highest BCUT2D eigenvalue weighted by Gasteiger charge is 2.19. The maximum atomic E-state index is 11.3. The lowest BCUT2D eigenvalue weighted by molar-refractivity contribution is -0.130. The van der Waals surface area contributed by atoms with Crippen molar-refractivity contribution in [1.82, 2.24) is 0 Å². The van der Waals surface area contributed by atoms with Crippen LogP contribution >= 0.6 is 0 Å². The molecule has 0 radical (unpaired) electrons. The van der Waals surface area contributed by atoms with Crippen LogP contribution in [-0.2, 0) is 20.7 Å². The zero-order chi connectivity index (χ0) is 13.7. The minimum atomic E-state index is -0.603. The number of hydrogen-bond acceptors (Lipinski definition) is 4. The predicted octanol–water partition coefficient (Wildman–Crippen LogP) is 1.81. The third-order valence-electron chi connectivity index (χ3n) is 2.80. The molecule has 0 N–H and O–H groups in total. The maximum Gasteiger partial charge on any atom is 0.337 e. The predicted molar refractivity (Wildman–Crippen MR) is 66.3 cm³/mol. The number of ether oxygens (including phenoxy) is 1. The van der Waals surface area contributed by atoms with E-state index in [0.29, 0.717) is 12.0 Å². The van der Waals surface area contributed by atoms with Crippen molar-refractivity contribution in [3.8, 4) is 0 Å². The summed E-state index contributed by atoms with van der Waals surface area (Å²) in [6.45, 7) is 2.82. The first-order valence-corrected chi connectivity index (χ1v) is 5.64. The van der Waals surface area contributed by atoms with Gasteiger partial charge >= 0.3 is 5.97 Å². The fourth-order valence-corrected chi connectivity index (χ4v) is 1.70. The normalized spacial score (nSPS) is 10.2. The zero-order valence-corrected chi connectivity index (χ0v) is 10.7. The first-order chi connectivity index (χ1) is 8.45. The van der Waals surface area contributed by atoms with E-state index in [9.17, 15) is 14.4 Å². The van der Waals surface area contributed by atoms with Crippen LogP contribution in [0.1, 0.15) is 29.8 Å². The summed E-state index contributed by atoms with van der Waals surface area (Å²) in [5, 5.41) is 0. The van der Waals surface area contributed by atoms with Crippen LogP contribution in [0.15, 0.2) is 24.3 Å². The molecule has 1 rings (SSSR count).